The quantitative estimate of drug-likeness (QED) is 0.625. The first-order chi connectivity index (χ1) is 12.3. The monoisotopic (exact) mass is 329 g/mol. The van der Waals surface area contributed by atoms with Gasteiger partial charge in [0.1, 0.15) is 5.82 Å². The fraction of sp³-hybridized carbons (Fsp3) is 0.0526. The van der Waals surface area contributed by atoms with Crippen molar-refractivity contribution in [3.63, 3.8) is 0 Å². The summed E-state index contributed by atoms with van der Waals surface area (Å²) in [6, 6.07) is 13.1. The van der Waals surface area contributed by atoms with E-state index >= 15 is 0 Å². The maximum absolute atomic E-state index is 12.7. The second kappa shape index (κ2) is 6.52. The van der Waals surface area contributed by atoms with Gasteiger partial charge in [0.15, 0.2) is 5.69 Å². The zero-order chi connectivity index (χ0) is 17.1. The highest BCUT2D eigenvalue weighted by Crippen LogP contribution is 2.17. The van der Waals surface area contributed by atoms with E-state index in [1.165, 1.54) is 0 Å². The maximum Gasteiger partial charge on any atom is 0.276 e. The molecule has 25 heavy (non-hydrogen) atoms. The van der Waals surface area contributed by atoms with Crippen LogP contribution >= 0.6 is 0 Å². The predicted octanol–water partition coefficient (Wildman–Crippen LogP) is 2.97. The van der Waals surface area contributed by atoms with Crippen molar-refractivity contribution >= 4 is 17.1 Å². The highest BCUT2D eigenvalue weighted by molar-refractivity contribution is 6.07. The summed E-state index contributed by atoms with van der Waals surface area (Å²) in [6.07, 6.45) is 9.32. The Bertz CT molecular complexity index is 1010. The molecule has 4 aromatic rings. The summed E-state index contributed by atoms with van der Waals surface area (Å²) in [4.78, 5) is 25.3. The van der Waals surface area contributed by atoms with E-state index in [-0.39, 0.29) is 5.91 Å². The molecule has 1 N–H and O–H groups in total. The first-order valence-corrected chi connectivity index (χ1v) is 7.87. The van der Waals surface area contributed by atoms with E-state index in [0.29, 0.717) is 17.8 Å². The average Bonchev–Trinajstić information content (AvgIpc) is 3.02. The second-order valence-electron chi connectivity index (χ2n) is 5.56. The fourth-order valence-corrected chi connectivity index (χ4v) is 2.70. The number of carbonyl (C=O) groups excluding carboxylic acids is 1. The van der Waals surface area contributed by atoms with Gasteiger partial charge in [-0.1, -0.05) is 12.1 Å². The topological polar surface area (TPSA) is 72.2 Å². The van der Waals surface area contributed by atoms with Crippen LogP contribution in [0.3, 0.4) is 0 Å². The summed E-state index contributed by atoms with van der Waals surface area (Å²) in [7, 11) is 0. The van der Waals surface area contributed by atoms with Gasteiger partial charge in [-0.2, -0.15) is 0 Å². The van der Waals surface area contributed by atoms with Crippen molar-refractivity contribution in [2.24, 2.45) is 0 Å². The summed E-state index contributed by atoms with van der Waals surface area (Å²) < 4.78 is 1.94. The van der Waals surface area contributed by atoms with Gasteiger partial charge in [-0.25, -0.2) is 4.98 Å². The Morgan fingerprint density at radius 2 is 1.88 bits per heavy atom. The van der Waals surface area contributed by atoms with Gasteiger partial charge in [-0.3, -0.25) is 14.8 Å². The van der Waals surface area contributed by atoms with E-state index in [9.17, 15) is 4.79 Å². The van der Waals surface area contributed by atoms with E-state index in [4.69, 9.17) is 0 Å². The molecule has 0 unspecified atom stereocenters. The van der Waals surface area contributed by atoms with Crippen molar-refractivity contribution in [3.8, 4) is 0 Å². The summed E-state index contributed by atoms with van der Waals surface area (Å²) in [5, 5.41) is 2.86. The van der Waals surface area contributed by atoms with Gasteiger partial charge >= 0.3 is 0 Å². The minimum atomic E-state index is -0.243. The molecule has 4 heterocycles. The Labute approximate surface area is 144 Å². The van der Waals surface area contributed by atoms with Gasteiger partial charge in [0.2, 0.25) is 0 Å². The maximum atomic E-state index is 12.7. The van der Waals surface area contributed by atoms with E-state index in [0.717, 1.165) is 16.9 Å². The highest BCUT2D eigenvalue weighted by atomic mass is 16.1. The molecule has 4 rings (SSSR count). The number of hydrogen-bond acceptors (Lipinski definition) is 4. The number of rotatable bonds is 4. The van der Waals surface area contributed by atoms with Crippen LogP contribution in [0, 0.1) is 0 Å². The zero-order valence-electron chi connectivity index (χ0n) is 13.3. The Morgan fingerprint density at radius 3 is 2.68 bits per heavy atom. The Balaban J connectivity index is 1.71. The third kappa shape index (κ3) is 3.10. The summed E-state index contributed by atoms with van der Waals surface area (Å²) >= 11 is 0. The molecular formula is C19H15N5O. The van der Waals surface area contributed by atoms with Crippen LogP contribution in [0.15, 0.2) is 73.4 Å². The molecule has 0 fully saturated rings. The van der Waals surface area contributed by atoms with Crippen LogP contribution in [0.1, 0.15) is 21.9 Å². The molecular weight excluding hydrogens is 314 g/mol. The van der Waals surface area contributed by atoms with Gasteiger partial charge in [0.05, 0.1) is 5.52 Å². The van der Waals surface area contributed by atoms with Crippen molar-refractivity contribution in [3.05, 3.63) is 90.5 Å². The number of hydrogen-bond donors (Lipinski definition) is 1. The molecule has 0 saturated heterocycles. The predicted molar refractivity (Wildman–Crippen MR) is 94.4 cm³/mol. The van der Waals surface area contributed by atoms with Crippen LogP contribution < -0.4 is 5.32 Å². The Hall–Kier alpha value is -3.54. The Morgan fingerprint density at radius 1 is 1.00 bits per heavy atom. The SMILES string of the molecule is O=C(Nc1ccncc1)c1nc(Cc2cccnc2)n2ccccc12. The largest absolute Gasteiger partial charge is 0.320 e. The second-order valence-corrected chi connectivity index (χ2v) is 5.56. The number of pyridine rings is 3. The summed E-state index contributed by atoms with van der Waals surface area (Å²) in [6.45, 7) is 0. The molecule has 6 heteroatoms. The number of imidazole rings is 1. The lowest BCUT2D eigenvalue weighted by atomic mass is 10.2. The van der Waals surface area contributed by atoms with E-state index < -0.39 is 0 Å². The van der Waals surface area contributed by atoms with Crippen LogP contribution in [-0.4, -0.2) is 25.3 Å². The fourth-order valence-electron chi connectivity index (χ4n) is 2.70. The molecule has 0 aliphatic rings. The number of fused-ring (bicyclic) bond motifs is 1. The van der Waals surface area contributed by atoms with Crippen molar-refractivity contribution < 1.29 is 4.79 Å². The van der Waals surface area contributed by atoms with Gasteiger partial charge < -0.3 is 9.72 Å². The van der Waals surface area contributed by atoms with Gasteiger partial charge in [-0.15, -0.1) is 0 Å². The van der Waals surface area contributed by atoms with E-state index in [1.54, 1.807) is 36.9 Å². The average molecular weight is 329 g/mol. The van der Waals surface area contributed by atoms with Gasteiger partial charge in [0, 0.05) is 43.1 Å². The van der Waals surface area contributed by atoms with Crippen molar-refractivity contribution in [1.29, 1.82) is 0 Å². The van der Waals surface area contributed by atoms with Crippen LogP contribution in [-0.2, 0) is 6.42 Å². The Kier molecular flexibility index (Phi) is 3.92. The van der Waals surface area contributed by atoms with Crippen molar-refractivity contribution in [1.82, 2.24) is 19.4 Å². The van der Waals surface area contributed by atoms with Crippen LogP contribution in [0.25, 0.3) is 5.52 Å². The van der Waals surface area contributed by atoms with E-state index in [1.807, 2.05) is 40.9 Å². The minimum Gasteiger partial charge on any atom is -0.320 e. The first kappa shape index (κ1) is 15.0. The number of aromatic nitrogens is 4. The molecule has 1 amide bonds. The van der Waals surface area contributed by atoms with Crippen LogP contribution in [0.5, 0.6) is 0 Å². The number of anilines is 1. The zero-order valence-corrected chi connectivity index (χ0v) is 13.3. The van der Waals surface area contributed by atoms with Crippen LogP contribution in [0.4, 0.5) is 5.69 Å². The molecule has 0 aromatic carbocycles. The summed E-state index contributed by atoms with van der Waals surface area (Å²) in [5.74, 6) is 0.552. The van der Waals surface area contributed by atoms with Gasteiger partial charge in [0.25, 0.3) is 5.91 Å². The lowest BCUT2D eigenvalue weighted by Crippen LogP contribution is -2.12. The lowest BCUT2D eigenvalue weighted by Gasteiger charge is -2.02. The molecule has 0 aliphatic carbocycles. The standard InChI is InChI=1S/C19H15N5O/c25-19(22-15-6-9-20-10-7-15)18-16-5-1-2-11-24(16)17(23-18)12-14-4-3-8-21-13-14/h1-11,13H,12H2,(H,20,22,25). The third-order valence-electron chi connectivity index (χ3n) is 3.86. The minimum absolute atomic E-state index is 0.243. The number of amides is 1. The van der Waals surface area contributed by atoms with Crippen molar-refractivity contribution in [2.75, 3.05) is 5.32 Å². The number of nitrogens with one attached hydrogen (secondary N) is 1. The van der Waals surface area contributed by atoms with E-state index in [2.05, 4.69) is 20.3 Å². The molecule has 0 aliphatic heterocycles. The summed E-state index contributed by atoms with van der Waals surface area (Å²) in [5.41, 5.74) is 2.90. The molecule has 4 aromatic heterocycles. The van der Waals surface area contributed by atoms with Crippen molar-refractivity contribution in [2.45, 2.75) is 6.42 Å². The molecule has 122 valence electrons. The van der Waals surface area contributed by atoms with Crippen LogP contribution in [0.2, 0.25) is 0 Å². The normalized spacial score (nSPS) is 10.7. The number of carbonyl (C=O) groups is 1. The molecule has 0 bridgehead atoms. The van der Waals surface area contributed by atoms with Gasteiger partial charge in [-0.05, 0) is 35.9 Å². The molecule has 0 saturated carbocycles. The molecule has 6 nitrogen and oxygen atoms in total. The molecule has 0 radical (unpaired) electrons. The smallest absolute Gasteiger partial charge is 0.276 e. The molecule has 0 atom stereocenters. The first-order valence-electron chi connectivity index (χ1n) is 7.87. The third-order valence-corrected chi connectivity index (χ3v) is 3.86. The number of nitrogens with zero attached hydrogens (tertiary/aromatic N) is 4. The molecule has 0 spiro atoms. The lowest BCUT2D eigenvalue weighted by molar-refractivity contribution is 0.102. The highest BCUT2D eigenvalue weighted by Gasteiger charge is 2.17.